The number of benzene rings is 1. The van der Waals surface area contributed by atoms with Crippen LogP contribution in [0.15, 0.2) is 12.1 Å². The number of rotatable bonds is 10. The molecule has 0 saturated heterocycles. The predicted molar refractivity (Wildman–Crippen MR) is 77.8 cm³/mol. The van der Waals surface area contributed by atoms with Gasteiger partial charge in [-0.25, -0.2) is 0 Å². The van der Waals surface area contributed by atoms with Crippen molar-refractivity contribution >= 4 is 0 Å². The van der Waals surface area contributed by atoms with Crippen molar-refractivity contribution in [1.82, 2.24) is 10.6 Å². The molecule has 20 heavy (non-hydrogen) atoms. The third-order valence-corrected chi connectivity index (χ3v) is 2.82. The highest BCUT2D eigenvalue weighted by Gasteiger charge is 2.12. The van der Waals surface area contributed by atoms with E-state index in [1.165, 1.54) is 0 Å². The lowest BCUT2D eigenvalue weighted by molar-refractivity contribution is 0.292. The van der Waals surface area contributed by atoms with Crippen molar-refractivity contribution in [3.63, 3.8) is 0 Å². The first kappa shape index (κ1) is 16.6. The Hall–Kier alpha value is -1.50. The van der Waals surface area contributed by atoms with Gasteiger partial charge in [-0.1, -0.05) is 0 Å². The summed E-state index contributed by atoms with van der Waals surface area (Å²) in [6.45, 7) is 3.11. The van der Waals surface area contributed by atoms with Crippen LogP contribution in [0.3, 0.4) is 0 Å². The van der Waals surface area contributed by atoms with Crippen LogP contribution in [0, 0.1) is 0 Å². The normalized spacial score (nSPS) is 10.4. The maximum Gasteiger partial charge on any atom is 0.203 e. The van der Waals surface area contributed by atoms with E-state index in [2.05, 4.69) is 10.6 Å². The Kier molecular flexibility index (Phi) is 7.79. The minimum Gasteiger partial charge on any atom is -0.493 e. The molecule has 0 aromatic heterocycles. The Labute approximate surface area is 120 Å². The van der Waals surface area contributed by atoms with Crippen molar-refractivity contribution in [2.45, 2.75) is 6.54 Å². The van der Waals surface area contributed by atoms with Crippen LogP contribution in [-0.2, 0) is 6.54 Å². The molecule has 0 spiro atoms. The minimum absolute atomic E-state index is 0.160. The fourth-order valence-corrected chi connectivity index (χ4v) is 1.85. The van der Waals surface area contributed by atoms with Crippen LogP contribution in [-0.4, -0.2) is 52.7 Å². The smallest absolute Gasteiger partial charge is 0.203 e. The number of hydrogen-bond acceptors (Lipinski definition) is 6. The van der Waals surface area contributed by atoms with Crippen LogP contribution in [0.2, 0.25) is 0 Å². The minimum atomic E-state index is 0.160. The fourth-order valence-electron chi connectivity index (χ4n) is 1.85. The standard InChI is InChI=1S/C14H24N2O4/c1-18-12-8-11(9-13(19-2)14(12)20-3)10-16-5-4-15-6-7-17/h8-9,15-17H,4-7,10H2,1-3H3. The average molecular weight is 284 g/mol. The van der Waals surface area contributed by atoms with Crippen LogP contribution < -0.4 is 24.8 Å². The molecule has 1 rings (SSSR count). The third kappa shape index (κ3) is 4.88. The molecule has 0 saturated carbocycles. The van der Waals surface area contributed by atoms with Crippen molar-refractivity contribution in [2.24, 2.45) is 0 Å². The number of aliphatic hydroxyl groups excluding tert-OH is 1. The summed E-state index contributed by atoms with van der Waals surface area (Å²) < 4.78 is 15.9. The highest BCUT2D eigenvalue weighted by molar-refractivity contribution is 5.53. The number of methoxy groups -OCH3 is 3. The Morgan fingerprint density at radius 1 is 0.900 bits per heavy atom. The Morgan fingerprint density at radius 2 is 1.50 bits per heavy atom. The zero-order valence-electron chi connectivity index (χ0n) is 12.4. The van der Waals surface area contributed by atoms with E-state index in [1.807, 2.05) is 12.1 Å². The van der Waals surface area contributed by atoms with E-state index in [9.17, 15) is 0 Å². The highest BCUT2D eigenvalue weighted by Crippen LogP contribution is 2.38. The molecule has 3 N–H and O–H groups in total. The van der Waals surface area contributed by atoms with Crippen molar-refractivity contribution in [3.8, 4) is 17.2 Å². The summed E-state index contributed by atoms with van der Waals surface area (Å²) in [7, 11) is 4.80. The molecule has 1 aromatic carbocycles. The van der Waals surface area contributed by atoms with Gasteiger partial charge in [0.1, 0.15) is 0 Å². The van der Waals surface area contributed by atoms with Gasteiger partial charge in [0, 0.05) is 26.2 Å². The maximum atomic E-state index is 8.64. The quantitative estimate of drug-likeness (QED) is 0.540. The Bertz CT molecular complexity index is 374. The first-order chi connectivity index (χ1) is 9.76. The summed E-state index contributed by atoms with van der Waals surface area (Å²) in [5, 5.41) is 15.1. The molecule has 0 bridgehead atoms. The number of ether oxygens (including phenoxy) is 3. The SMILES string of the molecule is COc1cc(CNCCNCCO)cc(OC)c1OC. The second kappa shape index (κ2) is 9.41. The van der Waals surface area contributed by atoms with Gasteiger partial charge in [0.25, 0.3) is 0 Å². The highest BCUT2D eigenvalue weighted by atomic mass is 16.5. The van der Waals surface area contributed by atoms with Crippen LogP contribution in [0.25, 0.3) is 0 Å². The van der Waals surface area contributed by atoms with Crippen molar-refractivity contribution in [1.29, 1.82) is 0 Å². The fraction of sp³-hybridized carbons (Fsp3) is 0.571. The molecule has 6 nitrogen and oxygen atoms in total. The van der Waals surface area contributed by atoms with Gasteiger partial charge in [0.2, 0.25) is 5.75 Å². The summed E-state index contributed by atoms with van der Waals surface area (Å²) >= 11 is 0. The molecule has 1 aromatic rings. The van der Waals surface area contributed by atoms with E-state index in [0.29, 0.717) is 30.3 Å². The molecule has 0 aliphatic carbocycles. The molecule has 0 aliphatic heterocycles. The zero-order chi connectivity index (χ0) is 14.8. The number of aliphatic hydroxyl groups is 1. The second-order valence-electron chi connectivity index (χ2n) is 4.18. The average Bonchev–Trinajstić information content (AvgIpc) is 2.49. The Balaban J connectivity index is 2.57. The van der Waals surface area contributed by atoms with Gasteiger partial charge in [-0.3, -0.25) is 0 Å². The molecule has 0 amide bonds. The molecule has 0 fully saturated rings. The zero-order valence-corrected chi connectivity index (χ0v) is 12.4. The first-order valence-electron chi connectivity index (χ1n) is 6.58. The van der Waals surface area contributed by atoms with Gasteiger partial charge in [-0.15, -0.1) is 0 Å². The molecule has 114 valence electrons. The molecule has 0 radical (unpaired) electrons. The van der Waals surface area contributed by atoms with E-state index < -0.39 is 0 Å². The molecule has 0 unspecified atom stereocenters. The van der Waals surface area contributed by atoms with Crippen LogP contribution >= 0.6 is 0 Å². The summed E-state index contributed by atoms with van der Waals surface area (Å²) in [5.74, 6) is 1.91. The van der Waals surface area contributed by atoms with Gasteiger partial charge < -0.3 is 30.0 Å². The topological polar surface area (TPSA) is 72.0 Å². The number of nitrogens with one attached hydrogen (secondary N) is 2. The van der Waals surface area contributed by atoms with Crippen molar-refractivity contribution in [2.75, 3.05) is 47.6 Å². The van der Waals surface area contributed by atoms with E-state index in [-0.39, 0.29) is 6.61 Å². The maximum absolute atomic E-state index is 8.64. The monoisotopic (exact) mass is 284 g/mol. The van der Waals surface area contributed by atoms with Gasteiger partial charge >= 0.3 is 0 Å². The van der Waals surface area contributed by atoms with Gasteiger partial charge in [0.05, 0.1) is 27.9 Å². The summed E-state index contributed by atoms with van der Waals surface area (Å²) in [6, 6.07) is 3.85. The van der Waals surface area contributed by atoms with E-state index in [0.717, 1.165) is 18.7 Å². The summed E-state index contributed by atoms with van der Waals surface area (Å²) in [4.78, 5) is 0. The van der Waals surface area contributed by atoms with E-state index >= 15 is 0 Å². The van der Waals surface area contributed by atoms with E-state index in [1.54, 1.807) is 21.3 Å². The lowest BCUT2D eigenvalue weighted by Crippen LogP contribution is -2.28. The Morgan fingerprint density at radius 3 is 2.00 bits per heavy atom. The molecular formula is C14H24N2O4. The summed E-state index contributed by atoms with van der Waals surface area (Å²) in [6.07, 6.45) is 0. The molecule has 0 aliphatic rings. The lowest BCUT2D eigenvalue weighted by Gasteiger charge is -2.14. The van der Waals surface area contributed by atoms with Crippen LogP contribution in [0.1, 0.15) is 5.56 Å². The van der Waals surface area contributed by atoms with Gasteiger partial charge in [-0.05, 0) is 17.7 Å². The van der Waals surface area contributed by atoms with Crippen molar-refractivity contribution < 1.29 is 19.3 Å². The van der Waals surface area contributed by atoms with Crippen LogP contribution in [0.5, 0.6) is 17.2 Å². The van der Waals surface area contributed by atoms with Gasteiger partial charge in [-0.2, -0.15) is 0 Å². The molecule has 0 heterocycles. The van der Waals surface area contributed by atoms with Crippen LogP contribution in [0.4, 0.5) is 0 Å². The molecular weight excluding hydrogens is 260 g/mol. The lowest BCUT2D eigenvalue weighted by atomic mass is 10.2. The number of hydrogen-bond donors (Lipinski definition) is 3. The van der Waals surface area contributed by atoms with Gasteiger partial charge in [0.15, 0.2) is 11.5 Å². The first-order valence-corrected chi connectivity index (χ1v) is 6.58. The molecule has 0 atom stereocenters. The van der Waals surface area contributed by atoms with E-state index in [4.69, 9.17) is 19.3 Å². The largest absolute Gasteiger partial charge is 0.493 e. The predicted octanol–water partition coefficient (Wildman–Crippen LogP) is 0.384. The van der Waals surface area contributed by atoms with Crippen molar-refractivity contribution in [3.05, 3.63) is 17.7 Å². The third-order valence-electron chi connectivity index (χ3n) is 2.82. The molecule has 6 heteroatoms. The second-order valence-corrected chi connectivity index (χ2v) is 4.18. The summed E-state index contributed by atoms with van der Waals surface area (Å²) in [5.41, 5.74) is 1.06.